The van der Waals surface area contributed by atoms with Crippen molar-refractivity contribution in [1.29, 1.82) is 0 Å². The van der Waals surface area contributed by atoms with Gasteiger partial charge in [0.05, 0.1) is 5.52 Å². The van der Waals surface area contributed by atoms with Crippen LogP contribution < -0.4 is 5.32 Å². The molecule has 1 aliphatic carbocycles. The van der Waals surface area contributed by atoms with Gasteiger partial charge in [-0.3, -0.25) is 4.98 Å². The average Bonchev–Trinajstić information content (AvgIpc) is 3.21. The molecular formula is C21H20N6S2. The van der Waals surface area contributed by atoms with E-state index >= 15 is 0 Å². The summed E-state index contributed by atoms with van der Waals surface area (Å²) in [6.07, 6.45) is 9.90. The summed E-state index contributed by atoms with van der Waals surface area (Å²) in [6, 6.07) is 12.5. The number of hydrogen-bond donors (Lipinski definition) is 1. The molecule has 1 fully saturated rings. The van der Waals surface area contributed by atoms with Gasteiger partial charge in [-0.2, -0.15) is 0 Å². The molecule has 0 saturated heterocycles. The standard InChI is InChI=1S/C21H20N6S2/c1-2-8-15(9-3-1)23-20-26-27-21(29-20)28-19-16-10-4-5-11-17(16)24-18(25-19)14-7-6-12-22-13-14/h4-7,10-13,15H,1-3,8-9H2,(H,23,26). The minimum absolute atomic E-state index is 0.520. The van der Waals surface area contributed by atoms with Crippen LogP contribution in [0.2, 0.25) is 0 Å². The molecule has 1 N–H and O–H groups in total. The lowest BCUT2D eigenvalue weighted by Gasteiger charge is -2.21. The summed E-state index contributed by atoms with van der Waals surface area (Å²) in [6.45, 7) is 0. The van der Waals surface area contributed by atoms with Crippen molar-refractivity contribution in [1.82, 2.24) is 25.1 Å². The molecule has 146 valence electrons. The zero-order chi connectivity index (χ0) is 19.5. The number of benzene rings is 1. The first-order chi connectivity index (χ1) is 14.3. The average molecular weight is 421 g/mol. The molecule has 3 aromatic heterocycles. The van der Waals surface area contributed by atoms with Crippen molar-refractivity contribution in [3.63, 3.8) is 0 Å². The molecule has 1 saturated carbocycles. The fraction of sp³-hybridized carbons (Fsp3) is 0.286. The predicted octanol–water partition coefficient (Wildman–Crippen LogP) is 5.44. The second kappa shape index (κ2) is 8.42. The molecule has 0 amide bonds. The lowest BCUT2D eigenvalue weighted by molar-refractivity contribution is 0.462. The first-order valence-electron chi connectivity index (χ1n) is 9.80. The van der Waals surface area contributed by atoms with Crippen molar-refractivity contribution in [2.24, 2.45) is 0 Å². The van der Waals surface area contributed by atoms with E-state index in [0.717, 1.165) is 31.0 Å². The van der Waals surface area contributed by atoms with Crippen molar-refractivity contribution in [2.75, 3.05) is 5.32 Å². The summed E-state index contributed by atoms with van der Waals surface area (Å²) in [4.78, 5) is 13.7. The van der Waals surface area contributed by atoms with Gasteiger partial charge in [0.25, 0.3) is 0 Å². The summed E-state index contributed by atoms with van der Waals surface area (Å²) in [5.74, 6) is 0.671. The highest BCUT2D eigenvalue weighted by atomic mass is 32.2. The van der Waals surface area contributed by atoms with Crippen LogP contribution in [0.15, 0.2) is 58.2 Å². The Hall–Kier alpha value is -2.58. The van der Waals surface area contributed by atoms with E-state index < -0.39 is 0 Å². The van der Waals surface area contributed by atoms with Gasteiger partial charge < -0.3 is 5.32 Å². The Bertz CT molecular complexity index is 1110. The summed E-state index contributed by atoms with van der Waals surface area (Å²) < 4.78 is 0.879. The molecule has 8 heteroatoms. The second-order valence-corrected chi connectivity index (χ2v) is 9.28. The molecule has 5 rings (SSSR count). The number of pyridine rings is 1. The first-order valence-corrected chi connectivity index (χ1v) is 11.4. The summed E-state index contributed by atoms with van der Waals surface area (Å²) in [5, 5.41) is 15.1. The normalized spacial score (nSPS) is 14.9. The molecule has 29 heavy (non-hydrogen) atoms. The van der Waals surface area contributed by atoms with Gasteiger partial charge in [-0.1, -0.05) is 48.8 Å². The maximum atomic E-state index is 4.82. The van der Waals surface area contributed by atoms with Gasteiger partial charge in [-0.15, -0.1) is 10.2 Å². The third kappa shape index (κ3) is 4.23. The zero-order valence-electron chi connectivity index (χ0n) is 15.8. The molecule has 0 bridgehead atoms. The van der Waals surface area contributed by atoms with E-state index in [1.807, 2.05) is 36.4 Å². The minimum Gasteiger partial charge on any atom is -0.357 e. The minimum atomic E-state index is 0.520. The van der Waals surface area contributed by atoms with E-state index in [4.69, 9.17) is 9.97 Å². The quantitative estimate of drug-likeness (QED) is 0.431. The van der Waals surface area contributed by atoms with Crippen LogP contribution in [0, 0.1) is 0 Å². The molecule has 0 spiro atoms. The van der Waals surface area contributed by atoms with Crippen LogP contribution in [-0.4, -0.2) is 31.2 Å². The first kappa shape index (κ1) is 18.4. The molecular weight excluding hydrogens is 400 g/mol. The number of aromatic nitrogens is 5. The van der Waals surface area contributed by atoms with Gasteiger partial charge >= 0.3 is 0 Å². The summed E-state index contributed by atoms with van der Waals surface area (Å²) in [7, 11) is 0. The van der Waals surface area contributed by atoms with Gasteiger partial charge in [-0.25, -0.2) is 9.97 Å². The lowest BCUT2D eigenvalue weighted by atomic mass is 9.96. The second-order valence-electron chi connectivity index (χ2n) is 7.07. The maximum Gasteiger partial charge on any atom is 0.206 e. The highest BCUT2D eigenvalue weighted by Gasteiger charge is 2.17. The molecule has 0 aliphatic heterocycles. The zero-order valence-corrected chi connectivity index (χ0v) is 17.4. The van der Waals surface area contributed by atoms with Crippen LogP contribution in [-0.2, 0) is 0 Å². The van der Waals surface area contributed by atoms with Crippen molar-refractivity contribution in [3.05, 3.63) is 48.8 Å². The summed E-state index contributed by atoms with van der Waals surface area (Å²) in [5.41, 5.74) is 1.81. The van der Waals surface area contributed by atoms with E-state index in [-0.39, 0.29) is 0 Å². The number of anilines is 1. The van der Waals surface area contributed by atoms with Crippen molar-refractivity contribution in [3.8, 4) is 11.4 Å². The third-order valence-electron chi connectivity index (χ3n) is 5.01. The molecule has 6 nitrogen and oxygen atoms in total. The predicted molar refractivity (Wildman–Crippen MR) is 117 cm³/mol. The number of hydrogen-bond acceptors (Lipinski definition) is 8. The van der Waals surface area contributed by atoms with Crippen LogP contribution >= 0.6 is 23.1 Å². The largest absolute Gasteiger partial charge is 0.357 e. The van der Waals surface area contributed by atoms with Crippen LogP contribution in [0.5, 0.6) is 0 Å². The van der Waals surface area contributed by atoms with E-state index in [0.29, 0.717) is 11.9 Å². The fourth-order valence-corrected chi connectivity index (χ4v) is 5.42. The molecule has 1 aliphatic rings. The number of nitrogens with zero attached hydrogens (tertiary/aromatic N) is 5. The van der Waals surface area contributed by atoms with Crippen molar-refractivity contribution < 1.29 is 0 Å². The Kier molecular flexibility index (Phi) is 5.36. The number of rotatable bonds is 5. The van der Waals surface area contributed by atoms with Crippen LogP contribution in [0.25, 0.3) is 22.3 Å². The Morgan fingerprint density at radius 2 is 1.86 bits per heavy atom. The topological polar surface area (TPSA) is 76.5 Å². The third-order valence-corrected chi connectivity index (χ3v) is 6.92. The van der Waals surface area contributed by atoms with Gasteiger partial charge in [0.2, 0.25) is 5.13 Å². The number of para-hydroxylation sites is 1. The smallest absolute Gasteiger partial charge is 0.206 e. The SMILES string of the molecule is c1cncc(-c2nc(Sc3nnc(NC4CCCCC4)s3)c3ccccc3n2)c1. The molecule has 3 heterocycles. The van der Waals surface area contributed by atoms with Gasteiger partial charge in [-0.05, 0) is 42.8 Å². The highest BCUT2D eigenvalue weighted by Crippen LogP contribution is 2.36. The Balaban J connectivity index is 1.44. The number of fused-ring (bicyclic) bond motifs is 1. The Morgan fingerprint density at radius 1 is 0.966 bits per heavy atom. The van der Waals surface area contributed by atoms with Crippen molar-refractivity contribution >= 4 is 39.1 Å². The fourth-order valence-electron chi connectivity index (χ4n) is 3.56. The molecule has 4 aromatic rings. The monoisotopic (exact) mass is 420 g/mol. The van der Waals surface area contributed by atoms with Crippen LogP contribution in [0.3, 0.4) is 0 Å². The van der Waals surface area contributed by atoms with Gasteiger partial charge in [0.15, 0.2) is 10.2 Å². The lowest BCUT2D eigenvalue weighted by Crippen LogP contribution is -2.21. The van der Waals surface area contributed by atoms with Crippen LogP contribution in [0.4, 0.5) is 5.13 Å². The maximum absolute atomic E-state index is 4.82. The van der Waals surface area contributed by atoms with Crippen molar-refractivity contribution in [2.45, 2.75) is 47.5 Å². The molecule has 0 atom stereocenters. The van der Waals surface area contributed by atoms with Crippen LogP contribution in [0.1, 0.15) is 32.1 Å². The summed E-state index contributed by atoms with van der Waals surface area (Å²) >= 11 is 3.13. The van der Waals surface area contributed by atoms with Gasteiger partial charge in [0, 0.05) is 29.4 Å². The Labute approximate surface area is 177 Å². The molecule has 0 unspecified atom stereocenters. The highest BCUT2D eigenvalue weighted by molar-refractivity contribution is 8.01. The van der Waals surface area contributed by atoms with E-state index in [2.05, 4.69) is 20.5 Å². The Morgan fingerprint density at radius 3 is 2.72 bits per heavy atom. The van der Waals surface area contributed by atoms with Gasteiger partial charge in [0.1, 0.15) is 5.03 Å². The molecule has 0 radical (unpaired) electrons. The number of nitrogens with one attached hydrogen (secondary N) is 1. The van der Waals surface area contributed by atoms with E-state index in [1.165, 1.54) is 32.1 Å². The van der Waals surface area contributed by atoms with E-state index in [9.17, 15) is 0 Å². The molecule has 1 aromatic carbocycles. The van der Waals surface area contributed by atoms with E-state index in [1.54, 1.807) is 35.5 Å².